The largest absolute Gasteiger partial charge is 0.271 e. The average molecular weight is 256 g/mol. The number of nitrogens with two attached hydrogens (primary N) is 1. The Labute approximate surface area is 106 Å². The zero-order valence-corrected chi connectivity index (χ0v) is 11.4. The van der Waals surface area contributed by atoms with Crippen LogP contribution in [0.1, 0.15) is 41.5 Å². The Morgan fingerprint density at radius 3 is 2.81 bits per heavy atom. The molecule has 1 aromatic rings. The summed E-state index contributed by atoms with van der Waals surface area (Å²) in [6.45, 7) is 2.14. The van der Waals surface area contributed by atoms with Crippen molar-refractivity contribution in [2.24, 2.45) is 5.84 Å². The maximum Gasteiger partial charge on any atom is 0.0643 e. The van der Waals surface area contributed by atoms with Gasteiger partial charge in [0.1, 0.15) is 0 Å². The van der Waals surface area contributed by atoms with Gasteiger partial charge in [-0.25, -0.2) is 0 Å². The Bertz CT molecular complexity index is 319. The molecule has 0 amide bonds. The van der Waals surface area contributed by atoms with Crippen molar-refractivity contribution < 1.29 is 0 Å². The Hall–Kier alpha value is -0.0300. The molecule has 1 atom stereocenters. The van der Waals surface area contributed by atoms with E-state index in [0.29, 0.717) is 6.04 Å². The van der Waals surface area contributed by atoms with Gasteiger partial charge in [-0.1, -0.05) is 12.8 Å². The van der Waals surface area contributed by atoms with Gasteiger partial charge in [-0.05, 0) is 31.9 Å². The summed E-state index contributed by atoms with van der Waals surface area (Å²) in [4.78, 5) is 2.73. The van der Waals surface area contributed by atoms with E-state index in [4.69, 9.17) is 5.84 Å². The van der Waals surface area contributed by atoms with Crippen molar-refractivity contribution in [2.45, 2.75) is 43.9 Å². The van der Waals surface area contributed by atoms with Crippen molar-refractivity contribution in [3.05, 3.63) is 21.9 Å². The van der Waals surface area contributed by atoms with Crippen molar-refractivity contribution in [1.82, 2.24) is 5.43 Å². The molecule has 1 aliphatic carbocycles. The fourth-order valence-electron chi connectivity index (χ4n) is 2.14. The Balaban J connectivity index is 1.85. The van der Waals surface area contributed by atoms with E-state index < -0.39 is 0 Å². The molecule has 1 aromatic heterocycles. The first-order valence-corrected chi connectivity index (χ1v) is 7.80. The van der Waals surface area contributed by atoms with Crippen LogP contribution in [0.5, 0.6) is 0 Å². The first-order valence-electron chi connectivity index (χ1n) is 5.93. The topological polar surface area (TPSA) is 38.0 Å². The highest BCUT2D eigenvalue weighted by molar-refractivity contribution is 7.99. The van der Waals surface area contributed by atoms with Crippen molar-refractivity contribution in [2.75, 3.05) is 5.75 Å². The van der Waals surface area contributed by atoms with Crippen LogP contribution >= 0.6 is 23.1 Å². The van der Waals surface area contributed by atoms with E-state index in [-0.39, 0.29) is 0 Å². The minimum atomic E-state index is 0.323. The quantitative estimate of drug-likeness (QED) is 0.627. The lowest BCUT2D eigenvalue weighted by atomic mass is 10.3. The highest BCUT2D eigenvalue weighted by Crippen LogP contribution is 2.33. The summed E-state index contributed by atoms with van der Waals surface area (Å²) in [6, 6.07) is 4.69. The normalized spacial score (nSPS) is 19.1. The highest BCUT2D eigenvalue weighted by Gasteiger charge is 2.18. The predicted molar refractivity (Wildman–Crippen MR) is 73.8 cm³/mol. The second-order valence-electron chi connectivity index (χ2n) is 4.41. The summed E-state index contributed by atoms with van der Waals surface area (Å²) < 4.78 is 0. The molecule has 1 heterocycles. The molecule has 2 nitrogen and oxygen atoms in total. The van der Waals surface area contributed by atoms with Crippen LogP contribution in [0.3, 0.4) is 0 Å². The summed E-state index contributed by atoms with van der Waals surface area (Å²) in [5, 5.41) is 0.872. The first kappa shape index (κ1) is 12.4. The maximum absolute atomic E-state index is 5.64. The number of aryl methyl sites for hydroxylation is 1. The van der Waals surface area contributed by atoms with Gasteiger partial charge in [0.2, 0.25) is 0 Å². The van der Waals surface area contributed by atoms with Crippen LogP contribution < -0.4 is 11.3 Å². The third-order valence-electron chi connectivity index (χ3n) is 3.11. The van der Waals surface area contributed by atoms with Gasteiger partial charge in [0.25, 0.3) is 0 Å². The Morgan fingerprint density at radius 2 is 2.25 bits per heavy atom. The fraction of sp³-hybridized carbons (Fsp3) is 0.667. The van der Waals surface area contributed by atoms with Gasteiger partial charge in [0.15, 0.2) is 0 Å². The van der Waals surface area contributed by atoms with E-state index in [0.717, 1.165) is 11.0 Å². The SMILES string of the molecule is Cc1ccc(C(CSC2CCCC2)NN)s1. The molecule has 16 heavy (non-hydrogen) atoms. The molecule has 0 bridgehead atoms. The van der Waals surface area contributed by atoms with Gasteiger partial charge < -0.3 is 0 Å². The number of hydrazine groups is 1. The summed E-state index contributed by atoms with van der Waals surface area (Å²) in [5.41, 5.74) is 2.95. The maximum atomic E-state index is 5.64. The van der Waals surface area contributed by atoms with Crippen LogP contribution in [0.2, 0.25) is 0 Å². The standard InChI is InChI=1S/C12H20N2S2/c1-9-6-7-12(16-9)11(14-13)8-15-10-4-2-3-5-10/h6-7,10-11,14H,2-5,8,13H2,1H3. The van der Waals surface area contributed by atoms with Gasteiger partial charge in [-0.3, -0.25) is 11.3 Å². The Kier molecular flexibility index (Phi) is 4.70. The van der Waals surface area contributed by atoms with Crippen LogP contribution in [-0.2, 0) is 0 Å². The summed E-state index contributed by atoms with van der Waals surface area (Å²) in [6.07, 6.45) is 5.61. The lowest BCUT2D eigenvalue weighted by molar-refractivity contribution is 0.619. The van der Waals surface area contributed by atoms with Crippen molar-refractivity contribution in [3.8, 4) is 0 Å². The monoisotopic (exact) mass is 256 g/mol. The molecule has 0 aliphatic heterocycles. The smallest absolute Gasteiger partial charge is 0.0643 e. The molecule has 1 unspecified atom stereocenters. The van der Waals surface area contributed by atoms with Crippen LogP contribution in [0.4, 0.5) is 0 Å². The van der Waals surface area contributed by atoms with Crippen molar-refractivity contribution in [1.29, 1.82) is 0 Å². The number of rotatable bonds is 5. The van der Waals surface area contributed by atoms with E-state index >= 15 is 0 Å². The highest BCUT2D eigenvalue weighted by atomic mass is 32.2. The fourth-order valence-corrected chi connectivity index (χ4v) is 4.59. The van der Waals surface area contributed by atoms with Crippen molar-refractivity contribution >= 4 is 23.1 Å². The van der Waals surface area contributed by atoms with Gasteiger partial charge in [0, 0.05) is 20.8 Å². The van der Waals surface area contributed by atoms with E-state index in [2.05, 4.69) is 36.2 Å². The van der Waals surface area contributed by atoms with E-state index in [9.17, 15) is 0 Å². The van der Waals surface area contributed by atoms with Gasteiger partial charge >= 0.3 is 0 Å². The van der Waals surface area contributed by atoms with Crippen LogP contribution in [-0.4, -0.2) is 11.0 Å². The lowest BCUT2D eigenvalue weighted by Crippen LogP contribution is -2.29. The third kappa shape index (κ3) is 3.23. The zero-order valence-electron chi connectivity index (χ0n) is 9.74. The van der Waals surface area contributed by atoms with Crippen LogP contribution in [0.25, 0.3) is 0 Å². The summed E-state index contributed by atoms with van der Waals surface area (Å²) in [5.74, 6) is 6.74. The zero-order chi connectivity index (χ0) is 11.4. The van der Waals surface area contributed by atoms with Gasteiger partial charge in [-0.2, -0.15) is 11.8 Å². The summed E-state index contributed by atoms with van der Waals surface area (Å²) >= 11 is 3.93. The number of hydrogen-bond donors (Lipinski definition) is 2. The molecule has 1 saturated carbocycles. The van der Waals surface area contributed by atoms with E-state index in [1.54, 1.807) is 0 Å². The van der Waals surface area contributed by atoms with E-state index in [1.165, 1.54) is 35.4 Å². The minimum Gasteiger partial charge on any atom is -0.271 e. The number of thiophene rings is 1. The molecule has 0 aromatic carbocycles. The molecule has 0 spiro atoms. The minimum absolute atomic E-state index is 0.323. The number of thioether (sulfide) groups is 1. The molecular formula is C12H20N2S2. The molecule has 1 aliphatic rings. The average Bonchev–Trinajstić information content (AvgIpc) is 2.91. The predicted octanol–water partition coefficient (Wildman–Crippen LogP) is 3.24. The lowest BCUT2D eigenvalue weighted by Gasteiger charge is -2.16. The molecule has 0 radical (unpaired) electrons. The molecular weight excluding hydrogens is 236 g/mol. The third-order valence-corrected chi connectivity index (χ3v) is 5.69. The van der Waals surface area contributed by atoms with E-state index in [1.807, 2.05) is 11.3 Å². The molecule has 1 fully saturated rings. The number of hydrogen-bond acceptors (Lipinski definition) is 4. The van der Waals surface area contributed by atoms with Gasteiger partial charge in [-0.15, -0.1) is 11.3 Å². The first-order chi connectivity index (χ1) is 7.79. The molecule has 90 valence electrons. The Morgan fingerprint density at radius 1 is 1.50 bits per heavy atom. The molecule has 4 heteroatoms. The van der Waals surface area contributed by atoms with Crippen LogP contribution in [0.15, 0.2) is 12.1 Å². The van der Waals surface area contributed by atoms with Crippen molar-refractivity contribution in [3.63, 3.8) is 0 Å². The summed E-state index contributed by atoms with van der Waals surface area (Å²) in [7, 11) is 0. The molecule has 0 saturated heterocycles. The second kappa shape index (κ2) is 6.05. The van der Waals surface area contributed by atoms with Crippen LogP contribution in [0, 0.1) is 6.92 Å². The second-order valence-corrected chi connectivity index (χ2v) is 7.06. The van der Waals surface area contributed by atoms with Gasteiger partial charge in [0.05, 0.1) is 6.04 Å². The molecule has 2 rings (SSSR count). The molecule has 3 N–H and O–H groups in total. The number of nitrogens with one attached hydrogen (secondary N) is 1.